The number of hydrogen-bond acceptors (Lipinski definition) is 5. The molecule has 0 aliphatic carbocycles. The Labute approximate surface area is 192 Å². The van der Waals surface area contributed by atoms with E-state index in [1.807, 2.05) is 60.5 Å². The lowest BCUT2D eigenvalue weighted by atomic mass is 10.1. The van der Waals surface area contributed by atoms with E-state index in [1.54, 1.807) is 12.1 Å². The minimum atomic E-state index is -0.366. The molecule has 3 unspecified atom stereocenters. The van der Waals surface area contributed by atoms with Crippen molar-refractivity contribution in [3.05, 3.63) is 65.7 Å². The average molecular weight is 454 g/mol. The molecule has 8 heteroatoms. The van der Waals surface area contributed by atoms with Gasteiger partial charge in [0.2, 0.25) is 5.91 Å². The van der Waals surface area contributed by atoms with Crippen molar-refractivity contribution < 1.29 is 9.18 Å². The molecule has 2 aromatic carbocycles. The topological polar surface area (TPSA) is 54.3 Å². The lowest BCUT2D eigenvalue weighted by molar-refractivity contribution is -0.118. The van der Waals surface area contributed by atoms with Gasteiger partial charge in [0.1, 0.15) is 5.82 Å². The van der Waals surface area contributed by atoms with Crippen molar-refractivity contribution in [2.24, 2.45) is 0 Å². The van der Waals surface area contributed by atoms with Gasteiger partial charge >= 0.3 is 0 Å². The first-order valence-corrected chi connectivity index (χ1v) is 11.6. The van der Waals surface area contributed by atoms with Crippen molar-refractivity contribution in [3.63, 3.8) is 0 Å². The number of halogens is 1. The van der Waals surface area contributed by atoms with Crippen LogP contribution < -0.4 is 4.90 Å². The maximum atomic E-state index is 13.6. The van der Waals surface area contributed by atoms with Gasteiger partial charge in [0.15, 0.2) is 11.0 Å². The molecule has 1 aromatic heterocycles. The second-order valence-electron chi connectivity index (χ2n) is 8.44. The number of para-hydroxylation sites is 1. The summed E-state index contributed by atoms with van der Waals surface area (Å²) >= 11 is 1.38. The van der Waals surface area contributed by atoms with Crippen molar-refractivity contribution in [1.29, 1.82) is 0 Å². The van der Waals surface area contributed by atoms with E-state index in [9.17, 15) is 9.18 Å². The third-order valence-electron chi connectivity index (χ3n) is 5.97. The Morgan fingerprint density at radius 3 is 2.50 bits per heavy atom. The number of amides is 1. The quantitative estimate of drug-likeness (QED) is 0.515. The molecule has 0 bridgehead atoms. The first-order chi connectivity index (χ1) is 15.3. The SMILES string of the molecule is CC(Sc1nnc(C(C)N(C)C)n1-c1ccc(F)cc1)C(=O)N1c2ccccc2CC1C. The summed E-state index contributed by atoms with van der Waals surface area (Å²) in [5.41, 5.74) is 2.95. The molecule has 1 aliphatic rings. The first-order valence-electron chi connectivity index (χ1n) is 10.7. The number of anilines is 1. The minimum absolute atomic E-state index is 0.0154. The van der Waals surface area contributed by atoms with Gasteiger partial charge in [-0.05, 0) is 77.2 Å². The molecule has 1 amide bonds. The van der Waals surface area contributed by atoms with Crippen LogP contribution in [0, 0.1) is 5.82 Å². The summed E-state index contributed by atoms with van der Waals surface area (Å²) in [4.78, 5) is 17.4. The van der Waals surface area contributed by atoms with Crippen LogP contribution in [0.1, 0.15) is 38.2 Å². The Bertz CT molecular complexity index is 1110. The predicted octanol–water partition coefficient (Wildman–Crippen LogP) is 4.49. The number of carbonyl (C=O) groups excluding carboxylic acids is 1. The fourth-order valence-corrected chi connectivity index (χ4v) is 4.92. The Hall–Kier alpha value is -2.71. The molecule has 6 nitrogen and oxygen atoms in total. The van der Waals surface area contributed by atoms with Crippen molar-refractivity contribution in [2.75, 3.05) is 19.0 Å². The summed E-state index contributed by atoms with van der Waals surface area (Å²) in [5, 5.41) is 9.09. The van der Waals surface area contributed by atoms with Crippen LogP contribution in [0.15, 0.2) is 53.7 Å². The van der Waals surface area contributed by atoms with Gasteiger partial charge < -0.3 is 4.90 Å². The molecule has 0 radical (unpaired) electrons. The second kappa shape index (κ2) is 9.03. The number of nitrogens with zero attached hydrogens (tertiary/aromatic N) is 5. The summed E-state index contributed by atoms with van der Waals surface area (Å²) in [6, 6.07) is 14.4. The molecule has 0 fully saturated rings. The van der Waals surface area contributed by atoms with Crippen LogP contribution in [0.2, 0.25) is 0 Å². The molecule has 3 atom stereocenters. The minimum Gasteiger partial charge on any atom is -0.308 e. The fraction of sp³-hybridized carbons (Fsp3) is 0.375. The van der Waals surface area contributed by atoms with Crippen LogP contribution in [-0.2, 0) is 11.2 Å². The Kier molecular flexibility index (Phi) is 6.35. The molecule has 168 valence electrons. The highest BCUT2D eigenvalue weighted by molar-refractivity contribution is 8.00. The number of fused-ring (bicyclic) bond motifs is 1. The Morgan fingerprint density at radius 1 is 1.12 bits per heavy atom. The van der Waals surface area contributed by atoms with Crippen LogP contribution in [0.5, 0.6) is 0 Å². The second-order valence-corrected chi connectivity index (χ2v) is 9.75. The number of aromatic nitrogens is 3. The van der Waals surface area contributed by atoms with Gasteiger partial charge in [0.05, 0.1) is 11.3 Å². The van der Waals surface area contributed by atoms with Crippen molar-refractivity contribution in [2.45, 2.75) is 49.7 Å². The van der Waals surface area contributed by atoms with Crippen molar-refractivity contribution in [3.8, 4) is 5.69 Å². The summed E-state index contributed by atoms with van der Waals surface area (Å²) in [7, 11) is 3.94. The highest BCUT2D eigenvalue weighted by Gasteiger charge is 2.34. The van der Waals surface area contributed by atoms with E-state index in [0.29, 0.717) is 5.16 Å². The van der Waals surface area contributed by atoms with E-state index in [4.69, 9.17) is 0 Å². The van der Waals surface area contributed by atoms with Crippen molar-refractivity contribution >= 4 is 23.4 Å². The average Bonchev–Trinajstić information content (AvgIpc) is 3.33. The summed E-state index contributed by atoms with van der Waals surface area (Å²) < 4.78 is 15.5. The third-order valence-corrected chi connectivity index (χ3v) is 7.00. The molecule has 3 aromatic rings. The molecule has 0 saturated heterocycles. The molecule has 32 heavy (non-hydrogen) atoms. The molecular weight excluding hydrogens is 425 g/mol. The van der Waals surface area contributed by atoms with Gasteiger partial charge in [0.25, 0.3) is 0 Å². The summed E-state index contributed by atoms with van der Waals surface area (Å²) in [5.74, 6) is 0.482. The Morgan fingerprint density at radius 2 is 1.81 bits per heavy atom. The molecule has 0 N–H and O–H groups in total. The maximum Gasteiger partial charge on any atom is 0.240 e. The van der Waals surface area contributed by atoms with Crippen LogP contribution in [0.3, 0.4) is 0 Å². The largest absolute Gasteiger partial charge is 0.308 e. The van der Waals surface area contributed by atoms with Gasteiger partial charge in [0, 0.05) is 17.4 Å². The number of carbonyl (C=O) groups is 1. The van der Waals surface area contributed by atoms with Gasteiger partial charge in [-0.15, -0.1) is 10.2 Å². The molecule has 2 heterocycles. The standard InChI is InChI=1S/C24H28FN5OS/c1-15-14-18-8-6-7-9-21(18)29(15)23(31)17(3)32-24-27-26-22(16(2)28(4)5)30(24)20-12-10-19(25)11-13-20/h6-13,15-17H,14H2,1-5H3. The third kappa shape index (κ3) is 4.17. The zero-order chi connectivity index (χ0) is 23.0. The molecule has 1 aliphatic heterocycles. The van der Waals surface area contributed by atoms with Crippen molar-refractivity contribution in [1.82, 2.24) is 19.7 Å². The lowest BCUT2D eigenvalue weighted by Gasteiger charge is -2.26. The van der Waals surface area contributed by atoms with Gasteiger partial charge in [-0.1, -0.05) is 30.0 Å². The van der Waals surface area contributed by atoms with E-state index < -0.39 is 0 Å². The van der Waals surface area contributed by atoms with E-state index in [-0.39, 0.29) is 29.1 Å². The number of hydrogen-bond donors (Lipinski definition) is 0. The highest BCUT2D eigenvalue weighted by atomic mass is 32.2. The van der Waals surface area contributed by atoms with Gasteiger partial charge in [-0.25, -0.2) is 4.39 Å². The van der Waals surface area contributed by atoms with Gasteiger partial charge in [-0.3, -0.25) is 14.3 Å². The lowest BCUT2D eigenvalue weighted by Crippen LogP contribution is -2.40. The molecule has 4 rings (SSSR count). The van der Waals surface area contributed by atoms with E-state index in [0.717, 1.165) is 23.6 Å². The first kappa shape index (κ1) is 22.5. The number of benzene rings is 2. The van der Waals surface area contributed by atoms with Crippen LogP contribution in [-0.4, -0.2) is 51.0 Å². The monoisotopic (exact) mass is 453 g/mol. The molecular formula is C24H28FN5OS. The Balaban J connectivity index is 1.65. The fourth-order valence-electron chi connectivity index (χ4n) is 4.00. The maximum absolute atomic E-state index is 13.6. The van der Waals surface area contributed by atoms with E-state index in [1.165, 1.54) is 29.5 Å². The van der Waals surface area contributed by atoms with Crippen LogP contribution in [0.4, 0.5) is 10.1 Å². The number of rotatable bonds is 6. The highest BCUT2D eigenvalue weighted by Crippen LogP contribution is 2.35. The molecule has 0 saturated carbocycles. The normalized spacial score (nSPS) is 17.5. The summed E-state index contributed by atoms with van der Waals surface area (Å²) in [6.45, 7) is 6.02. The zero-order valence-corrected chi connectivity index (χ0v) is 19.8. The van der Waals surface area contributed by atoms with E-state index in [2.05, 4.69) is 23.2 Å². The van der Waals surface area contributed by atoms with Crippen LogP contribution >= 0.6 is 11.8 Å². The summed E-state index contributed by atoms with van der Waals surface area (Å²) in [6.07, 6.45) is 0.857. The molecule has 0 spiro atoms. The number of thioether (sulfide) groups is 1. The predicted molar refractivity (Wildman–Crippen MR) is 126 cm³/mol. The van der Waals surface area contributed by atoms with Gasteiger partial charge in [-0.2, -0.15) is 0 Å². The smallest absolute Gasteiger partial charge is 0.240 e. The zero-order valence-electron chi connectivity index (χ0n) is 19.0. The van der Waals surface area contributed by atoms with Crippen LogP contribution in [0.25, 0.3) is 5.69 Å². The van der Waals surface area contributed by atoms with E-state index >= 15 is 0 Å².